The molecule has 44 heavy (non-hydrogen) atoms. The van der Waals surface area contributed by atoms with Crippen molar-refractivity contribution in [3.05, 3.63) is 65.9 Å². The molecule has 236 valence electrons. The van der Waals surface area contributed by atoms with Crippen molar-refractivity contribution in [2.75, 3.05) is 6.54 Å². The normalized spacial score (nSPS) is 13.8. The Hall–Kier alpha value is -4.95. The summed E-state index contributed by atoms with van der Waals surface area (Å²) < 4.78 is 0. The van der Waals surface area contributed by atoms with Crippen LogP contribution in [-0.4, -0.2) is 80.7 Å². The minimum atomic E-state index is -1.40. The summed E-state index contributed by atoms with van der Waals surface area (Å²) in [6.07, 6.45) is 2.05. The third kappa shape index (κ3) is 9.81. The zero-order valence-electron chi connectivity index (χ0n) is 24.0. The number of para-hydroxylation sites is 1. The number of fused-ring (bicyclic) bond motifs is 1. The number of carbonyl (C=O) groups is 5. The van der Waals surface area contributed by atoms with Gasteiger partial charge >= 0.3 is 11.9 Å². The van der Waals surface area contributed by atoms with E-state index in [4.69, 9.17) is 16.6 Å². The van der Waals surface area contributed by atoms with Crippen LogP contribution in [0.2, 0.25) is 0 Å². The second kappa shape index (κ2) is 16.0. The Kier molecular flexibility index (Phi) is 12.2. The van der Waals surface area contributed by atoms with Crippen LogP contribution < -0.4 is 27.4 Å². The van der Waals surface area contributed by atoms with Gasteiger partial charge in [0.2, 0.25) is 17.7 Å². The van der Waals surface area contributed by atoms with Gasteiger partial charge < -0.3 is 47.7 Å². The number of H-pyrrole nitrogens is 1. The number of aromatic amines is 1. The minimum Gasteiger partial charge on any atom is -0.508 e. The van der Waals surface area contributed by atoms with Crippen molar-refractivity contribution in [1.82, 2.24) is 20.9 Å². The summed E-state index contributed by atoms with van der Waals surface area (Å²) in [6.45, 7) is 0.337. The highest BCUT2D eigenvalue weighted by Gasteiger charge is 2.31. The number of hydrogen-bond acceptors (Lipinski definition) is 8. The lowest BCUT2D eigenvalue weighted by atomic mass is 10.0. The monoisotopic (exact) mass is 610 g/mol. The quantitative estimate of drug-likeness (QED) is 0.0934. The molecule has 0 fully saturated rings. The lowest BCUT2D eigenvalue weighted by Crippen LogP contribution is -2.58. The van der Waals surface area contributed by atoms with Crippen LogP contribution in [0.5, 0.6) is 5.75 Å². The van der Waals surface area contributed by atoms with Crippen molar-refractivity contribution in [2.45, 2.75) is 62.7 Å². The zero-order valence-corrected chi connectivity index (χ0v) is 24.0. The molecule has 11 N–H and O–H groups in total. The summed E-state index contributed by atoms with van der Waals surface area (Å²) in [5.41, 5.74) is 13.3. The molecule has 14 heteroatoms. The number of aromatic nitrogens is 1. The molecule has 0 aliphatic carbocycles. The molecule has 4 atom stereocenters. The number of aromatic hydroxyl groups is 1. The van der Waals surface area contributed by atoms with Crippen molar-refractivity contribution >= 4 is 40.6 Å². The average Bonchev–Trinajstić information content (AvgIpc) is 3.39. The van der Waals surface area contributed by atoms with Gasteiger partial charge in [0.1, 0.15) is 23.9 Å². The van der Waals surface area contributed by atoms with E-state index in [9.17, 15) is 34.2 Å². The van der Waals surface area contributed by atoms with Gasteiger partial charge in [0, 0.05) is 29.9 Å². The Morgan fingerprint density at radius 3 is 2.09 bits per heavy atom. The third-order valence-electron chi connectivity index (χ3n) is 7.03. The van der Waals surface area contributed by atoms with Crippen molar-refractivity contribution in [2.24, 2.45) is 11.5 Å². The van der Waals surface area contributed by atoms with Crippen LogP contribution in [0.15, 0.2) is 54.7 Å². The number of carboxylic acids is 2. The predicted molar refractivity (Wildman–Crippen MR) is 160 cm³/mol. The standard InChI is InChI=1S/C30H38N6O8/c31-12-4-3-7-23(34-27(40)21(32)15-26(38)39)28(41)35-24(14-18-16-33-22-6-2-1-5-20(18)22)29(42)36-25(30(43)44)13-17-8-10-19(37)11-9-17/h1-2,5-6,8-11,16,21,23-25,33,37H,3-4,7,12-15,31-32H2,(H,34,40)(H,35,41)(H,36,42)(H,38,39)(H,43,44). The molecule has 0 radical (unpaired) electrons. The first-order valence-corrected chi connectivity index (χ1v) is 14.1. The first kappa shape index (κ1) is 33.6. The molecule has 1 aromatic heterocycles. The Bertz CT molecular complexity index is 1460. The number of benzene rings is 2. The molecule has 4 unspecified atom stereocenters. The molecule has 0 saturated heterocycles. The maximum absolute atomic E-state index is 13.6. The second-order valence-electron chi connectivity index (χ2n) is 10.4. The van der Waals surface area contributed by atoms with Gasteiger partial charge in [-0.25, -0.2) is 4.79 Å². The number of aliphatic carboxylic acids is 2. The van der Waals surface area contributed by atoms with E-state index in [1.165, 1.54) is 24.3 Å². The smallest absolute Gasteiger partial charge is 0.326 e. The van der Waals surface area contributed by atoms with E-state index in [-0.39, 0.29) is 25.0 Å². The van der Waals surface area contributed by atoms with Gasteiger partial charge in [-0.1, -0.05) is 30.3 Å². The second-order valence-corrected chi connectivity index (χ2v) is 10.4. The zero-order chi connectivity index (χ0) is 32.2. The summed E-state index contributed by atoms with van der Waals surface area (Å²) in [4.78, 5) is 65.9. The van der Waals surface area contributed by atoms with Crippen LogP contribution in [0.1, 0.15) is 36.8 Å². The first-order chi connectivity index (χ1) is 21.0. The summed E-state index contributed by atoms with van der Waals surface area (Å²) in [6, 6.07) is 8.00. The molecule has 0 aliphatic heterocycles. The summed E-state index contributed by atoms with van der Waals surface area (Å²) in [7, 11) is 0. The number of carboxylic acid groups (broad SMARTS) is 2. The van der Waals surface area contributed by atoms with E-state index in [0.717, 1.165) is 10.9 Å². The average molecular weight is 611 g/mol. The lowest BCUT2D eigenvalue weighted by Gasteiger charge is -2.25. The van der Waals surface area contributed by atoms with Gasteiger partial charge in [-0.3, -0.25) is 19.2 Å². The Labute approximate surface area is 253 Å². The fourth-order valence-corrected chi connectivity index (χ4v) is 4.66. The van der Waals surface area contributed by atoms with Gasteiger partial charge in [-0.2, -0.15) is 0 Å². The first-order valence-electron chi connectivity index (χ1n) is 14.1. The predicted octanol–water partition coefficient (Wildman–Crippen LogP) is 0.129. The van der Waals surface area contributed by atoms with Gasteiger partial charge in [0.05, 0.1) is 12.5 Å². The molecule has 3 rings (SSSR count). The molecule has 0 bridgehead atoms. The van der Waals surface area contributed by atoms with Crippen LogP contribution in [0.25, 0.3) is 10.9 Å². The van der Waals surface area contributed by atoms with Gasteiger partial charge in [-0.05, 0) is 55.1 Å². The van der Waals surface area contributed by atoms with Crippen molar-refractivity contribution in [3.8, 4) is 5.75 Å². The Morgan fingerprint density at radius 2 is 1.43 bits per heavy atom. The van der Waals surface area contributed by atoms with Crippen molar-refractivity contribution < 1.29 is 39.3 Å². The van der Waals surface area contributed by atoms with Gasteiger partial charge in [0.25, 0.3) is 0 Å². The fraction of sp³-hybridized carbons (Fsp3) is 0.367. The summed E-state index contributed by atoms with van der Waals surface area (Å²) >= 11 is 0. The molecule has 0 saturated carbocycles. The molecular weight excluding hydrogens is 572 g/mol. The number of rotatable bonds is 17. The number of phenols is 1. The van der Waals surface area contributed by atoms with E-state index < -0.39 is 60.2 Å². The molecule has 0 aliphatic rings. The number of nitrogens with one attached hydrogen (secondary N) is 4. The van der Waals surface area contributed by atoms with Crippen LogP contribution in [0.4, 0.5) is 0 Å². The van der Waals surface area contributed by atoms with Gasteiger partial charge in [0.15, 0.2) is 0 Å². The van der Waals surface area contributed by atoms with Crippen LogP contribution in [0, 0.1) is 0 Å². The van der Waals surface area contributed by atoms with E-state index in [1.807, 2.05) is 24.3 Å². The minimum absolute atomic E-state index is 0.00295. The highest BCUT2D eigenvalue weighted by atomic mass is 16.4. The van der Waals surface area contributed by atoms with E-state index in [0.29, 0.717) is 30.5 Å². The van der Waals surface area contributed by atoms with Crippen LogP contribution >= 0.6 is 0 Å². The van der Waals surface area contributed by atoms with E-state index in [2.05, 4.69) is 20.9 Å². The van der Waals surface area contributed by atoms with Crippen molar-refractivity contribution in [1.29, 1.82) is 0 Å². The van der Waals surface area contributed by atoms with E-state index in [1.54, 1.807) is 6.20 Å². The number of carbonyl (C=O) groups excluding carboxylic acids is 3. The topological polar surface area (TPSA) is 250 Å². The molecule has 14 nitrogen and oxygen atoms in total. The molecule has 2 aromatic carbocycles. The maximum Gasteiger partial charge on any atom is 0.326 e. The third-order valence-corrected chi connectivity index (χ3v) is 7.03. The number of hydrogen-bond donors (Lipinski definition) is 9. The molecule has 3 amide bonds. The number of nitrogens with two attached hydrogens (primary N) is 2. The maximum atomic E-state index is 13.6. The Morgan fingerprint density at radius 1 is 0.795 bits per heavy atom. The van der Waals surface area contributed by atoms with Gasteiger partial charge in [-0.15, -0.1) is 0 Å². The van der Waals surface area contributed by atoms with E-state index >= 15 is 0 Å². The molecule has 1 heterocycles. The molecule has 0 spiro atoms. The summed E-state index contributed by atoms with van der Waals surface area (Å²) in [5.74, 6) is -4.94. The molecular formula is C30H38N6O8. The lowest BCUT2D eigenvalue weighted by molar-refractivity contribution is -0.142. The number of amides is 3. The van der Waals surface area contributed by atoms with Crippen LogP contribution in [0.3, 0.4) is 0 Å². The number of unbranched alkanes of at least 4 members (excludes halogenated alkanes) is 1. The largest absolute Gasteiger partial charge is 0.508 e. The number of phenolic OH excluding ortho intramolecular Hbond substituents is 1. The highest BCUT2D eigenvalue weighted by Crippen LogP contribution is 2.20. The van der Waals surface area contributed by atoms with Crippen LogP contribution in [-0.2, 0) is 36.8 Å². The Balaban J connectivity index is 1.86. The molecule has 3 aromatic rings. The highest BCUT2D eigenvalue weighted by molar-refractivity contribution is 5.95. The SMILES string of the molecule is NCCCCC(NC(=O)C(N)CC(=O)O)C(=O)NC(Cc1c[nH]c2ccccc12)C(=O)NC(Cc1ccc(O)cc1)C(=O)O. The van der Waals surface area contributed by atoms with Crippen molar-refractivity contribution in [3.63, 3.8) is 0 Å². The summed E-state index contributed by atoms with van der Waals surface area (Å²) in [5, 5.41) is 36.8. The fourth-order valence-electron chi connectivity index (χ4n) is 4.66.